The summed E-state index contributed by atoms with van der Waals surface area (Å²) in [5.41, 5.74) is 2.03. The minimum Gasteiger partial charge on any atom is -0.484 e. The smallest absolute Gasteiger partial charge is 0.264 e. The third kappa shape index (κ3) is 4.58. The van der Waals surface area contributed by atoms with Gasteiger partial charge in [-0.15, -0.1) is 0 Å². The number of thiazole rings is 1. The van der Waals surface area contributed by atoms with Gasteiger partial charge in [0.2, 0.25) is 0 Å². The predicted octanol–water partition coefficient (Wildman–Crippen LogP) is 3.91. The predicted molar refractivity (Wildman–Crippen MR) is 111 cm³/mol. The van der Waals surface area contributed by atoms with Crippen molar-refractivity contribution in [1.82, 2.24) is 4.98 Å². The summed E-state index contributed by atoms with van der Waals surface area (Å²) in [5, 5.41) is 3.39. The Kier molecular flexibility index (Phi) is 5.56. The molecule has 1 saturated heterocycles. The number of carbonyl (C=O) groups excluding carboxylic acids is 1. The van der Waals surface area contributed by atoms with Crippen LogP contribution in [0.3, 0.4) is 0 Å². The van der Waals surface area contributed by atoms with E-state index < -0.39 is 0 Å². The van der Waals surface area contributed by atoms with E-state index in [1.54, 1.807) is 0 Å². The van der Waals surface area contributed by atoms with Gasteiger partial charge in [0.05, 0.1) is 23.4 Å². The van der Waals surface area contributed by atoms with Gasteiger partial charge in [0.1, 0.15) is 5.75 Å². The molecule has 2 heterocycles. The van der Waals surface area contributed by atoms with Crippen LogP contribution in [0, 0.1) is 0 Å². The van der Waals surface area contributed by atoms with Crippen molar-refractivity contribution in [2.24, 2.45) is 0 Å². The Balaban J connectivity index is 1.39. The number of amides is 1. The third-order valence-electron chi connectivity index (χ3n) is 4.18. The molecule has 4 rings (SSSR count). The van der Waals surface area contributed by atoms with E-state index in [1.807, 2.05) is 30.3 Å². The van der Waals surface area contributed by atoms with Crippen molar-refractivity contribution in [3.8, 4) is 5.75 Å². The minimum absolute atomic E-state index is 0.0589. The van der Waals surface area contributed by atoms with Gasteiger partial charge >= 0.3 is 0 Å². The zero-order valence-electron chi connectivity index (χ0n) is 14.5. The molecule has 1 aliphatic rings. The SMILES string of the molecule is O=C(COc1ccc(Br)cc1)Nc1nc2ccc(N3CCOCC3)cc2s1. The summed E-state index contributed by atoms with van der Waals surface area (Å²) in [7, 11) is 0. The number of ether oxygens (including phenoxy) is 2. The Hall–Kier alpha value is -2.16. The maximum Gasteiger partial charge on any atom is 0.264 e. The number of rotatable bonds is 5. The Labute approximate surface area is 169 Å². The van der Waals surface area contributed by atoms with Crippen LogP contribution < -0.4 is 15.0 Å². The highest BCUT2D eigenvalue weighted by Crippen LogP contribution is 2.30. The summed E-state index contributed by atoms with van der Waals surface area (Å²) in [5.74, 6) is 0.415. The first-order chi connectivity index (χ1) is 13.2. The van der Waals surface area contributed by atoms with Crippen LogP contribution in [0.1, 0.15) is 0 Å². The van der Waals surface area contributed by atoms with Crippen molar-refractivity contribution in [3.63, 3.8) is 0 Å². The molecule has 1 fully saturated rings. The van der Waals surface area contributed by atoms with E-state index in [0.717, 1.165) is 46.7 Å². The fourth-order valence-electron chi connectivity index (χ4n) is 2.82. The van der Waals surface area contributed by atoms with Gasteiger partial charge in [-0.25, -0.2) is 4.98 Å². The molecule has 8 heteroatoms. The Bertz CT molecular complexity index is 939. The fourth-order valence-corrected chi connectivity index (χ4v) is 4.00. The maximum atomic E-state index is 12.1. The lowest BCUT2D eigenvalue weighted by atomic mass is 10.2. The molecule has 27 heavy (non-hydrogen) atoms. The second-order valence-corrected chi connectivity index (χ2v) is 8.01. The molecule has 1 aliphatic heterocycles. The summed E-state index contributed by atoms with van der Waals surface area (Å²) < 4.78 is 12.9. The molecule has 0 atom stereocenters. The number of morpholine rings is 1. The lowest BCUT2D eigenvalue weighted by Crippen LogP contribution is -2.36. The quantitative estimate of drug-likeness (QED) is 0.642. The van der Waals surface area contributed by atoms with Gasteiger partial charge in [-0.3, -0.25) is 10.1 Å². The van der Waals surface area contributed by atoms with Crippen molar-refractivity contribution >= 4 is 54.2 Å². The number of carbonyl (C=O) groups is 1. The molecule has 3 aromatic rings. The normalized spacial score (nSPS) is 14.3. The summed E-state index contributed by atoms with van der Waals surface area (Å²) in [4.78, 5) is 18.9. The summed E-state index contributed by atoms with van der Waals surface area (Å²) in [6.07, 6.45) is 0. The molecule has 140 valence electrons. The number of benzene rings is 2. The molecule has 0 saturated carbocycles. The number of halogens is 1. The highest BCUT2D eigenvalue weighted by molar-refractivity contribution is 9.10. The maximum absolute atomic E-state index is 12.1. The molecule has 0 aliphatic carbocycles. The lowest BCUT2D eigenvalue weighted by molar-refractivity contribution is -0.118. The highest BCUT2D eigenvalue weighted by atomic mass is 79.9. The van der Waals surface area contributed by atoms with E-state index in [-0.39, 0.29) is 12.5 Å². The van der Waals surface area contributed by atoms with Gasteiger partial charge in [0, 0.05) is 23.2 Å². The van der Waals surface area contributed by atoms with Crippen molar-refractivity contribution in [3.05, 3.63) is 46.9 Å². The van der Waals surface area contributed by atoms with Crippen LogP contribution in [-0.4, -0.2) is 43.8 Å². The van der Waals surface area contributed by atoms with Gasteiger partial charge in [-0.1, -0.05) is 27.3 Å². The van der Waals surface area contributed by atoms with Gasteiger partial charge in [0.25, 0.3) is 5.91 Å². The van der Waals surface area contributed by atoms with Crippen molar-refractivity contribution in [2.45, 2.75) is 0 Å². The van der Waals surface area contributed by atoms with Crippen LogP contribution in [-0.2, 0) is 9.53 Å². The van der Waals surface area contributed by atoms with Gasteiger partial charge in [-0.2, -0.15) is 0 Å². The first-order valence-corrected chi connectivity index (χ1v) is 10.2. The molecule has 0 bridgehead atoms. The van der Waals surface area contributed by atoms with Crippen LogP contribution in [0.25, 0.3) is 10.2 Å². The van der Waals surface area contributed by atoms with Crippen LogP contribution in [0.5, 0.6) is 5.75 Å². The highest BCUT2D eigenvalue weighted by Gasteiger charge is 2.14. The van der Waals surface area contributed by atoms with E-state index in [4.69, 9.17) is 9.47 Å². The van der Waals surface area contributed by atoms with Crippen LogP contribution >= 0.6 is 27.3 Å². The van der Waals surface area contributed by atoms with Crippen LogP contribution in [0.15, 0.2) is 46.9 Å². The van der Waals surface area contributed by atoms with Gasteiger partial charge in [0.15, 0.2) is 11.7 Å². The van der Waals surface area contributed by atoms with Crippen LogP contribution in [0.2, 0.25) is 0 Å². The van der Waals surface area contributed by atoms with Crippen molar-refractivity contribution < 1.29 is 14.3 Å². The average molecular weight is 448 g/mol. The number of anilines is 2. The van der Waals surface area contributed by atoms with Gasteiger partial charge in [-0.05, 0) is 42.5 Å². The fraction of sp³-hybridized carbons (Fsp3) is 0.263. The molecular weight excluding hydrogens is 430 g/mol. The largest absolute Gasteiger partial charge is 0.484 e. The van der Waals surface area contributed by atoms with Crippen molar-refractivity contribution in [1.29, 1.82) is 0 Å². The average Bonchev–Trinajstić information content (AvgIpc) is 3.09. The standard InChI is InChI=1S/C19H18BrN3O3S/c20-13-1-4-15(5-2-13)26-12-18(24)22-19-21-16-6-3-14(11-17(16)27-19)23-7-9-25-10-8-23/h1-6,11H,7-10,12H2,(H,21,22,24). The molecule has 1 amide bonds. The summed E-state index contributed by atoms with van der Waals surface area (Å²) in [6, 6.07) is 13.5. The van der Waals surface area contributed by atoms with E-state index in [0.29, 0.717) is 10.9 Å². The third-order valence-corrected chi connectivity index (χ3v) is 5.64. The Morgan fingerprint density at radius 3 is 2.78 bits per heavy atom. The molecule has 0 unspecified atom stereocenters. The zero-order chi connectivity index (χ0) is 18.6. The first kappa shape index (κ1) is 18.2. The molecule has 0 spiro atoms. The number of fused-ring (bicyclic) bond motifs is 1. The van der Waals surface area contributed by atoms with E-state index in [9.17, 15) is 4.79 Å². The van der Waals surface area contributed by atoms with E-state index >= 15 is 0 Å². The number of hydrogen-bond acceptors (Lipinski definition) is 6. The Morgan fingerprint density at radius 2 is 2.00 bits per heavy atom. The number of aromatic nitrogens is 1. The number of nitrogens with one attached hydrogen (secondary N) is 1. The molecule has 1 aromatic heterocycles. The molecule has 1 N–H and O–H groups in total. The van der Waals surface area contributed by atoms with Crippen LogP contribution in [0.4, 0.5) is 10.8 Å². The second-order valence-electron chi connectivity index (χ2n) is 6.06. The van der Waals surface area contributed by atoms with Crippen molar-refractivity contribution in [2.75, 3.05) is 43.1 Å². The zero-order valence-corrected chi connectivity index (χ0v) is 16.9. The molecular formula is C19H18BrN3O3S. The molecule has 6 nitrogen and oxygen atoms in total. The monoisotopic (exact) mass is 447 g/mol. The van der Waals surface area contributed by atoms with Gasteiger partial charge < -0.3 is 14.4 Å². The van der Waals surface area contributed by atoms with E-state index in [2.05, 4.69) is 43.3 Å². The molecule has 2 aromatic carbocycles. The first-order valence-electron chi connectivity index (χ1n) is 8.59. The summed E-state index contributed by atoms with van der Waals surface area (Å²) >= 11 is 4.83. The van der Waals surface area contributed by atoms with E-state index in [1.165, 1.54) is 11.3 Å². The summed E-state index contributed by atoms with van der Waals surface area (Å²) in [6.45, 7) is 3.22. The Morgan fingerprint density at radius 1 is 1.22 bits per heavy atom. The number of nitrogens with zero attached hydrogens (tertiary/aromatic N) is 2. The second kappa shape index (κ2) is 8.24. The number of hydrogen-bond donors (Lipinski definition) is 1. The topological polar surface area (TPSA) is 63.7 Å². The lowest BCUT2D eigenvalue weighted by Gasteiger charge is -2.28. The minimum atomic E-state index is -0.231. The molecule has 0 radical (unpaired) electrons.